The molecule has 0 radical (unpaired) electrons. The first-order valence-corrected chi connectivity index (χ1v) is 22.9. The summed E-state index contributed by atoms with van der Waals surface area (Å²) in [5, 5.41) is 0. The summed E-state index contributed by atoms with van der Waals surface area (Å²) in [6.07, 6.45) is 37.7. The van der Waals surface area contributed by atoms with Crippen molar-refractivity contribution in [2.45, 2.75) is 172 Å². The van der Waals surface area contributed by atoms with E-state index in [1.54, 1.807) is 6.08 Å². The van der Waals surface area contributed by atoms with E-state index in [0.29, 0.717) is 0 Å². The summed E-state index contributed by atoms with van der Waals surface area (Å²) >= 11 is 0. The van der Waals surface area contributed by atoms with E-state index in [0.717, 1.165) is 102 Å². The average molecular weight is 791 g/mol. The van der Waals surface area contributed by atoms with Crippen LogP contribution in [-0.2, 0) is 18.0 Å². The quantitative estimate of drug-likeness (QED) is 0.0511. The van der Waals surface area contributed by atoms with Crippen molar-refractivity contribution in [1.82, 2.24) is 0 Å². The Hall–Kier alpha value is -2.08. The minimum atomic E-state index is -5.11. The minimum absolute atomic E-state index is 0.272. The van der Waals surface area contributed by atoms with Crippen LogP contribution >= 0.6 is 15.6 Å². The number of hydrogen-bond acceptors (Lipinski definition) is 4. The molecule has 308 valence electrons. The molecule has 0 saturated carbocycles. The van der Waals surface area contributed by atoms with Crippen molar-refractivity contribution in [3.63, 3.8) is 0 Å². The van der Waals surface area contributed by atoms with Gasteiger partial charge < -0.3 is 14.7 Å². The molecule has 0 aromatic heterocycles. The molecular formula is C45H76O7P2. The van der Waals surface area contributed by atoms with Gasteiger partial charge in [-0.15, -0.1) is 0 Å². The van der Waals surface area contributed by atoms with Gasteiger partial charge >= 0.3 is 15.6 Å². The summed E-state index contributed by atoms with van der Waals surface area (Å²) in [5.41, 5.74) is 12.6. The number of allylic oxidation sites excluding steroid dienone is 17. The zero-order chi connectivity index (χ0) is 41.0. The van der Waals surface area contributed by atoms with Crippen molar-refractivity contribution in [2.24, 2.45) is 0 Å². The molecule has 9 heteroatoms. The molecule has 0 aromatic rings. The van der Waals surface area contributed by atoms with Crippen molar-refractivity contribution >= 4 is 15.6 Å². The standard InChI is InChI=1S/C45H76O7P2/c1-37(2)19-11-20-38(3)21-12-22-39(4)23-13-24-40(5)25-14-26-41(6)27-15-28-42(7)29-16-30-43(8)31-17-32-44(9)33-18-34-45(10)35-36-51-54(49,50)52-53(46,47)48/h19,21,23,25,27,29,31,33,35H,11-18,20,22,24,26,28,30,32,34,36H2,1-10H3,(H,49,50)(H2,46,47,48)/b38-21+,39-23-,40-25-,41-27-,42-29-,43-31-,44-33-,45-35-. The van der Waals surface area contributed by atoms with Crippen LogP contribution in [0.2, 0.25) is 0 Å². The Morgan fingerprint density at radius 2 is 0.611 bits per heavy atom. The Bertz CT molecular complexity index is 1470. The van der Waals surface area contributed by atoms with Gasteiger partial charge in [-0.05, 0) is 172 Å². The van der Waals surface area contributed by atoms with E-state index in [-0.39, 0.29) is 6.61 Å². The molecule has 0 bridgehead atoms. The van der Waals surface area contributed by atoms with Crippen LogP contribution in [0, 0.1) is 0 Å². The van der Waals surface area contributed by atoms with Crippen LogP contribution in [0.15, 0.2) is 105 Å². The molecule has 54 heavy (non-hydrogen) atoms. The summed E-state index contributed by atoms with van der Waals surface area (Å²) in [6, 6.07) is 0. The lowest BCUT2D eigenvalue weighted by Crippen LogP contribution is -1.94. The number of phosphoric acid groups is 2. The van der Waals surface area contributed by atoms with Crippen LogP contribution < -0.4 is 0 Å². The summed E-state index contributed by atoms with van der Waals surface area (Å²) in [6.45, 7) is 21.6. The number of rotatable bonds is 29. The molecular weight excluding hydrogens is 714 g/mol. The largest absolute Gasteiger partial charge is 0.481 e. The van der Waals surface area contributed by atoms with Gasteiger partial charge in [0.1, 0.15) is 0 Å². The van der Waals surface area contributed by atoms with Crippen molar-refractivity contribution in [1.29, 1.82) is 0 Å². The first-order chi connectivity index (χ1) is 25.3. The van der Waals surface area contributed by atoms with Crippen molar-refractivity contribution < 1.29 is 32.6 Å². The highest BCUT2D eigenvalue weighted by molar-refractivity contribution is 7.60. The topological polar surface area (TPSA) is 113 Å². The molecule has 0 heterocycles. The lowest BCUT2D eigenvalue weighted by Gasteiger charge is -2.11. The fourth-order valence-corrected chi connectivity index (χ4v) is 7.19. The zero-order valence-corrected chi connectivity index (χ0v) is 37.4. The summed E-state index contributed by atoms with van der Waals surface area (Å²) in [4.78, 5) is 26.6. The smallest absolute Gasteiger partial charge is 0.302 e. The molecule has 7 nitrogen and oxygen atoms in total. The van der Waals surface area contributed by atoms with E-state index in [1.165, 1.54) is 51.0 Å². The predicted molar refractivity (Wildman–Crippen MR) is 232 cm³/mol. The van der Waals surface area contributed by atoms with E-state index < -0.39 is 15.6 Å². The van der Waals surface area contributed by atoms with Crippen LogP contribution in [0.25, 0.3) is 0 Å². The van der Waals surface area contributed by atoms with E-state index in [1.807, 2.05) is 6.92 Å². The molecule has 0 aromatic carbocycles. The van der Waals surface area contributed by atoms with E-state index in [2.05, 4.69) is 120 Å². The van der Waals surface area contributed by atoms with Gasteiger partial charge in [0, 0.05) is 0 Å². The predicted octanol–water partition coefficient (Wildman–Crippen LogP) is 15.0. The monoisotopic (exact) mass is 791 g/mol. The van der Waals surface area contributed by atoms with E-state index in [9.17, 15) is 14.0 Å². The molecule has 0 aliphatic heterocycles. The van der Waals surface area contributed by atoms with Gasteiger partial charge in [0.25, 0.3) is 0 Å². The van der Waals surface area contributed by atoms with Crippen molar-refractivity contribution in [2.75, 3.05) is 6.61 Å². The highest BCUT2D eigenvalue weighted by atomic mass is 31.3. The Morgan fingerprint density at radius 1 is 0.389 bits per heavy atom. The number of hydrogen-bond donors (Lipinski definition) is 3. The zero-order valence-electron chi connectivity index (χ0n) is 35.6. The highest BCUT2D eigenvalue weighted by Crippen LogP contribution is 2.57. The van der Waals surface area contributed by atoms with Crippen LogP contribution in [0.3, 0.4) is 0 Å². The SMILES string of the molecule is CC(C)=CCC/C(C)=C/CC/C(C)=C\CC/C(C)=C\CC/C(C)=C\CC/C(C)=C\CC/C(C)=C\CC/C(C)=C\CC/C(C)=C\COP(=O)(O)OP(=O)(O)O. The van der Waals surface area contributed by atoms with Gasteiger partial charge in [-0.1, -0.05) is 105 Å². The Labute approximate surface area is 330 Å². The first kappa shape index (κ1) is 51.9. The van der Waals surface area contributed by atoms with Crippen molar-refractivity contribution in [3.8, 4) is 0 Å². The molecule has 0 saturated heterocycles. The van der Waals surface area contributed by atoms with Gasteiger partial charge in [-0.3, -0.25) is 4.52 Å². The van der Waals surface area contributed by atoms with Gasteiger partial charge in [0.15, 0.2) is 0 Å². The lowest BCUT2D eigenvalue weighted by atomic mass is 10.0. The summed E-state index contributed by atoms with van der Waals surface area (Å²) < 4.78 is 30.6. The maximum absolute atomic E-state index is 11.5. The summed E-state index contributed by atoms with van der Waals surface area (Å²) in [7, 11) is -9.91. The van der Waals surface area contributed by atoms with Crippen molar-refractivity contribution in [3.05, 3.63) is 105 Å². The first-order valence-electron chi connectivity index (χ1n) is 19.9. The average Bonchev–Trinajstić information content (AvgIpc) is 3.03. The molecule has 0 rings (SSSR count). The normalized spacial score (nSPS) is 15.9. The molecule has 0 aliphatic rings. The van der Waals surface area contributed by atoms with Crippen LogP contribution in [-0.4, -0.2) is 21.3 Å². The lowest BCUT2D eigenvalue weighted by molar-refractivity contribution is 0.191. The molecule has 0 aliphatic carbocycles. The second kappa shape index (κ2) is 30.1. The van der Waals surface area contributed by atoms with Crippen LogP contribution in [0.4, 0.5) is 0 Å². The molecule has 1 atom stereocenters. The highest BCUT2D eigenvalue weighted by Gasteiger charge is 2.31. The molecule has 3 N–H and O–H groups in total. The third kappa shape index (κ3) is 34.4. The van der Waals surface area contributed by atoms with E-state index >= 15 is 0 Å². The Kier molecular flexibility index (Phi) is 28.9. The van der Waals surface area contributed by atoms with Gasteiger partial charge in [-0.2, -0.15) is 4.31 Å². The van der Waals surface area contributed by atoms with Gasteiger partial charge in [0.05, 0.1) is 6.61 Å². The Morgan fingerprint density at radius 3 is 0.833 bits per heavy atom. The fourth-order valence-electron chi connectivity index (χ4n) is 5.66. The molecule has 1 unspecified atom stereocenters. The minimum Gasteiger partial charge on any atom is -0.302 e. The maximum atomic E-state index is 11.5. The van der Waals surface area contributed by atoms with Crippen LogP contribution in [0.5, 0.6) is 0 Å². The Balaban J connectivity index is 4.29. The third-order valence-corrected chi connectivity index (χ3v) is 11.3. The second-order valence-corrected chi connectivity index (χ2v) is 18.2. The van der Waals surface area contributed by atoms with Gasteiger partial charge in [0.2, 0.25) is 0 Å². The maximum Gasteiger partial charge on any atom is 0.481 e. The second-order valence-electron chi connectivity index (χ2n) is 15.3. The fraction of sp³-hybridized carbons (Fsp3) is 0.600. The van der Waals surface area contributed by atoms with Crippen LogP contribution in [0.1, 0.15) is 172 Å². The number of phosphoric ester groups is 1. The van der Waals surface area contributed by atoms with E-state index in [4.69, 9.17) is 9.79 Å². The molecule has 0 spiro atoms. The third-order valence-electron chi connectivity index (χ3n) is 9.19. The van der Waals surface area contributed by atoms with Gasteiger partial charge in [-0.25, -0.2) is 9.13 Å². The molecule has 0 amide bonds. The molecule has 0 fully saturated rings. The summed E-state index contributed by atoms with van der Waals surface area (Å²) in [5.74, 6) is 0.